The summed E-state index contributed by atoms with van der Waals surface area (Å²) in [5, 5.41) is 3.98. The molecule has 1 saturated heterocycles. The predicted octanol–water partition coefficient (Wildman–Crippen LogP) is 6.82. The summed E-state index contributed by atoms with van der Waals surface area (Å²) in [5.41, 5.74) is 2.43. The number of halogens is 2. The molecule has 0 bridgehead atoms. The van der Waals surface area contributed by atoms with Crippen LogP contribution in [0.3, 0.4) is 0 Å². The Kier molecular flexibility index (Phi) is 8.59. The van der Waals surface area contributed by atoms with E-state index in [-0.39, 0.29) is 5.91 Å². The van der Waals surface area contributed by atoms with Gasteiger partial charge in [-0.05, 0) is 95.4 Å². The molecule has 1 aliphatic rings. The lowest BCUT2D eigenvalue weighted by atomic mass is 10.2. The molecule has 0 radical (unpaired) electrons. The van der Waals surface area contributed by atoms with Gasteiger partial charge in [-0.15, -0.1) is 0 Å². The molecule has 1 aliphatic heterocycles. The van der Waals surface area contributed by atoms with Gasteiger partial charge in [-0.2, -0.15) is 0 Å². The number of methoxy groups -OCH3 is 1. The van der Waals surface area contributed by atoms with Crippen LogP contribution in [0.5, 0.6) is 17.2 Å². The van der Waals surface area contributed by atoms with Crippen LogP contribution in [-0.2, 0) is 11.4 Å². The van der Waals surface area contributed by atoms with Crippen LogP contribution >= 0.6 is 46.0 Å². The lowest BCUT2D eigenvalue weighted by Crippen LogP contribution is -2.19. The number of benzene rings is 3. The zero-order valence-corrected chi connectivity index (χ0v) is 22.7. The summed E-state index contributed by atoms with van der Waals surface area (Å²) in [5.74, 6) is 1.77. The topological polar surface area (TPSA) is 69.2 Å². The Bertz CT molecular complexity index is 1300. The van der Waals surface area contributed by atoms with Gasteiger partial charge in [-0.1, -0.05) is 29.8 Å². The van der Waals surface area contributed by atoms with E-state index in [4.69, 9.17) is 25.8 Å². The maximum atomic E-state index is 12.5. The molecule has 6 nitrogen and oxygen atoms in total. The summed E-state index contributed by atoms with van der Waals surface area (Å²) in [6.45, 7) is 2.85. The van der Waals surface area contributed by atoms with Gasteiger partial charge >= 0.3 is 0 Å². The molecule has 1 N–H and O–H groups in total. The highest BCUT2D eigenvalue weighted by Crippen LogP contribution is 2.37. The molecule has 180 valence electrons. The number of nitrogens with zero attached hydrogens (tertiary/aromatic N) is 1. The Morgan fingerprint density at radius 3 is 2.60 bits per heavy atom. The molecule has 4 rings (SSSR count). The standard InChI is InChI=1S/C26H22ClIN2O4S/c1-3-33-19-10-8-18(9-11-19)29-26-30-25(31)23(35-26)14-16-12-21(28)24(22(13-16)32-2)34-15-17-6-4-5-7-20(17)27/h4-14H,3,15H2,1-2H3,(H,29,30,31)/b23-14+. The third kappa shape index (κ3) is 6.50. The first-order valence-electron chi connectivity index (χ1n) is 10.7. The largest absolute Gasteiger partial charge is 0.494 e. The molecule has 35 heavy (non-hydrogen) atoms. The highest BCUT2D eigenvalue weighted by molar-refractivity contribution is 14.1. The van der Waals surface area contributed by atoms with Gasteiger partial charge in [-0.25, -0.2) is 4.99 Å². The van der Waals surface area contributed by atoms with E-state index >= 15 is 0 Å². The van der Waals surface area contributed by atoms with E-state index in [2.05, 4.69) is 32.9 Å². The van der Waals surface area contributed by atoms with Crippen LogP contribution in [0, 0.1) is 3.57 Å². The van der Waals surface area contributed by atoms with E-state index in [0.717, 1.165) is 26.1 Å². The molecule has 3 aromatic rings. The van der Waals surface area contributed by atoms with Gasteiger partial charge < -0.3 is 19.5 Å². The summed E-state index contributed by atoms with van der Waals surface area (Å²) in [7, 11) is 1.59. The molecule has 3 aromatic carbocycles. The second kappa shape index (κ2) is 11.8. The number of nitrogens with one attached hydrogen (secondary N) is 1. The van der Waals surface area contributed by atoms with Crippen molar-refractivity contribution in [1.82, 2.24) is 5.32 Å². The van der Waals surface area contributed by atoms with E-state index in [1.54, 1.807) is 7.11 Å². The average molecular weight is 621 g/mol. The van der Waals surface area contributed by atoms with E-state index in [1.165, 1.54) is 11.8 Å². The van der Waals surface area contributed by atoms with Gasteiger partial charge in [0, 0.05) is 10.6 Å². The van der Waals surface area contributed by atoms with Gasteiger partial charge in [0.25, 0.3) is 5.91 Å². The number of amidine groups is 1. The molecular formula is C26H22ClIN2O4S. The van der Waals surface area contributed by atoms with Crippen LogP contribution in [0.15, 0.2) is 70.6 Å². The molecular weight excluding hydrogens is 599 g/mol. The SMILES string of the molecule is CCOc1ccc(N=C2NC(=O)/C(=C\c3cc(I)c(OCc4ccccc4Cl)c(OC)c3)S2)cc1. The number of carbonyl (C=O) groups is 1. The highest BCUT2D eigenvalue weighted by atomic mass is 127. The van der Waals surface area contributed by atoms with Crippen molar-refractivity contribution < 1.29 is 19.0 Å². The van der Waals surface area contributed by atoms with Crippen LogP contribution in [0.25, 0.3) is 6.08 Å². The lowest BCUT2D eigenvalue weighted by molar-refractivity contribution is -0.115. The number of ether oxygens (including phenoxy) is 3. The number of amides is 1. The van der Waals surface area contributed by atoms with Crippen molar-refractivity contribution in [3.05, 3.63) is 85.3 Å². The zero-order valence-electron chi connectivity index (χ0n) is 19.0. The van der Waals surface area contributed by atoms with Crippen molar-refractivity contribution in [2.75, 3.05) is 13.7 Å². The smallest absolute Gasteiger partial charge is 0.264 e. The highest BCUT2D eigenvalue weighted by Gasteiger charge is 2.24. The normalized spacial score (nSPS) is 15.4. The van der Waals surface area contributed by atoms with E-state index in [9.17, 15) is 4.79 Å². The first kappa shape index (κ1) is 25.4. The second-order valence-corrected chi connectivity index (χ2v) is 9.92. The van der Waals surface area contributed by atoms with E-state index in [1.807, 2.05) is 73.7 Å². The number of hydrogen-bond acceptors (Lipinski definition) is 6. The van der Waals surface area contributed by atoms with Crippen molar-refractivity contribution in [1.29, 1.82) is 0 Å². The fourth-order valence-electron chi connectivity index (χ4n) is 3.26. The summed E-state index contributed by atoms with van der Waals surface area (Å²) < 4.78 is 17.9. The molecule has 1 heterocycles. The van der Waals surface area contributed by atoms with Gasteiger partial charge in [0.05, 0.1) is 27.9 Å². The molecule has 0 atom stereocenters. The molecule has 0 spiro atoms. The van der Waals surface area contributed by atoms with Crippen LogP contribution in [0.2, 0.25) is 5.02 Å². The number of rotatable bonds is 8. The summed E-state index contributed by atoms with van der Waals surface area (Å²) in [6.07, 6.45) is 1.81. The summed E-state index contributed by atoms with van der Waals surface area (Å²) >= 11 is 9.73. The predicted molar refractivity (Wildman–Crippen MR) is 150 cm³/mol. The fourth-order valence-corrected chi connectivity index (χ4v) is 5.07. The quantitative estimate of drug-likeness (QED) is 0.221. The number of hydrogen-bond donors (Lipinski definition) is 1. The number of carbonyl (C=O) groups excluding carboxylic acids is 1. The minimum absolute atomic E-state index is 0.201. The lowest BCUT2D eigenvalue weighted by Gasteiger charge is -2.14. The van der Waals surface area contributed by atoms with E-state index < -0.39 is 0 Å². The van der Waals surface area contributed by atoms with Crippen LogP contribution in [0.1, 0.15) is 18.1 Å². The maximum absolute atomic E-state index is 12.5. The molecule has 1 fully saturated rings. The van der Waals surface area contributed by atoms with Crippen molar-refractivity contribution in [2.45, 2.75) is 13.5 Å². The van der Waals surface area contributed by atoms with Gasteiger partial charge in [0.15, 0.2) is 16.7 Å². The third-order valence-corrected chi connectivity index (χ3v) is 6.99. The zero-order chi connectivity index (χ0) is 24.8. The summed E-state index contributed by atoms with van der Waals surface area (Å²) in [4.78, 5) is 17.6. The Labute approximate surface area is 226 Å². The Balaban J connectivity index is 1.51. The minimum Gasteiger partial charge on any atom is -0.494 e. The van der Waals surface area contributed by atoms with Gasteiger partial charge in [0.1, 0.15) is 12.4 Å². The van der Waals surface area contributed by atoms with Crippen LogP contribution in [0.4, 0.5) is 5.69 Å². The molecule has 0 aromatic heterocycles. The number of thioether (sulfide) groups is 1. The molecule has 0 saturated carbocycles. The fraction of sp³-hybridized carbons (Fsp3) is 0.154. The first-order valence-corrected chi connectivity index (χ1v) is 13.0. The first-order chi connectivity index (χ1) is 17.0. The van der Waals surface area contributed by atoms with E-state index in [0.29, 0.717) is 39.8 Å². The Hall–Kier alpha value is -2.69. The average Bonchev–Trinajstić information content (AvgIpc) is 3.18. The molecule has 0 unspecified atom stereocenters. The van der Waals surface area contributed by atoms with Crippen LogP contribution in [-0.4, -0.2) is 24.8 Å². The Morgan fingerprint density at radius 1 is 1.11 bits per heavy atom. The van der Waals surface area contributed by atoms with Crippen LogP contribution < -0.4 is 19.5 Å². The maximum Gasteiger partial charge on any atom is 0.264 e. The van der Waals surface area contributed by atoms with Crippen molar-refractivity contribution >= 4 is 68.8 Å². The monoisotopic (exact) mass is 620 g/mol. The van der Waals surface area contributed by atoms with Crippen molar-refractivity contribution in [2.24, 2.45) is 4.99 Å². The van der Waals surface area contributed by atoms with Gasteiger partial charge in [0.2, 0.25) is 0 Å². The minimum atomic E-state index is -0.201. The van der Waals surface area contributed by atoms with Crippen molar-refractivity contribution in [3.63, 3.8) is 0 Å². The molecule has 0 aliphatic carbocycles. The molecule has 9 heteroatoms. The molecule has 1 amide bonds. The number of aliphatic imine (C=N–C) groups is 1. The van der Waals surface area contributed by atoms with Crippen molar-refractivity contribution in [3.8, 4) is 17.2 Å². The summed E-state index contributed by atoms with van der Waals surface area (Å²) in [6, 6.07) is 18.7. The van der Waals surface area contributed by atoms with Gasteiger partial charge in [-0.3, -0.25) is 4.79 Å². The third-order valence-electron chi connectivity index (χ3n) is 4.91. The second-order valence-electron chi connectivity index (χ2n) is 7.32. The Morgan fingerprint density at radius 2 is 1.89 bits per heavy atom.